The van der Waals surface area contributed by atoms with Gasteiger partial charge >= 0.3 is 0 Å². The molecule has 26 heavy (non-hydrogen) atoms. The molecule has 1 aromatic carbocycles. The molecule has 0 unspecified atom stereocenters. The molecule has 8 heteroatoms. The minimum Gasteiger partial charge on any atom is -0.381 e. The van der Waals surface area contributed by atoms with Gasteiger partial charge in [0.25, 0.3) is 0 Å². The van der Waals surface area contributed by atoms with Crippen LogP contribution < -0.4 is 5.32 Å². The van der Waals surface area contributed by atoms with E-state index in [2.05, 4.69) is 10.4 Å². The van der Waals surface area contributed by atoms with Crippen LogP contribution in [-0.4, -0.2) is 43.1 Å². The van der Waals surface area contributed by atoms with Gasteiger partial charge in [0.1, 0.15) is 0 Å². The molecule has 0 bridgehead atoms. The second kappa shape index (κ2) is 8.46. The lowest BCUT2D eigenvalue weighted by molar-refractivity contribution is -0.115. The summed E-state index contributed by atoms with van der Waals surface area (Å²) in [4.78, 5) is 12.3. The number of hydrogen-bond donors (Lipinski definition) is 1. The van der Waals surface area contributed by atoms with Gasteiger partial charge in [0, 0.05) is 32.4 Å². The van der Waals surface area contributed by atoms with E-state index in [4.69, 9.17) is 4.74 Å². The van der Waals surface area contributed by atoms with Gasteiger partial charge < -0.3 is 10.1 Å². The number of sulfone groups is 1. The highest BCUT2D eigenvalue weighted by Crippen LogP contribution is 2.18. The van der Waals surface area contributed by atoms with E-state index >= 15 is 0 Å². The monoisotopic (exact) mass is 377 g/mol. The number of nitrogens with zero attached hydrogens (tertiary/aromatic N) is 2. The Morgan fingerprint density at radius 2 is 1.96 bits per heavy atom. The van der Waals surface area contributed by atoms with E-state index in [1.807, 2.05) is 4.68 Å². The lowest BCUT2D eigenvalue weighted by Crippen LogP contribution is -2.20. The van der Waals surface area contributed by atoms with Crippen LogP contribution in [0, 0.1) is 5.92 Å². The average molecular weight is 377 g/mol. The molecule has 1 saturated heterocycles. The summed E-state index contributed by atoms with van der Waals surface area (Å²) in [6, 6.07) is 8.16. The number of hydrogen-bond acceptors (Lipinski definition) is 5. The maximum atomic E-state index is 12.2. The van der Waals surface area contributed by atoms with Crippen LogP contribution in [0.5, 0.6) is 0 Å². The van der Waals surface area contributed by atoms with E-state index in [0.717, 1.165) is 32.6 Å². The minimum atomic E-state index is -3.46. The Kier molecular flexibility index (Phi) is 6.05. The van der Waals surface area contributed by atoms with Crippen LogP contribution >= 0.6 is 0 Å². The summed E-state index contributed by atoms with van der Waals surface area (Å²) in [6.45, 7) is 2.36. The smallest absolute Gasteiger partial charge is 0.225 e. The Labute approximate surface area is 153 Å². The van der Waals surface area contributed by atoms with Gasteiger partial charge in [0.15, 0.2) is 9.84 Å². The normalized spacial score (nSPS) is 15.7. The van der Waals surface area contributed by atoms with E-state index in [1.54, 1.807) is 30.6 Å². The Balaban J connectivity index is 1.49. The van der Waals surface area contributed by atoms with E-state index < -0.39 is 9.84 Å². The lowest BCUT2D eigenvalue weighted by atomic mass is 10.0. The molecule has 0 saturated carbocycles. The number of ether oxygens (including phenoxy) is 1. The van der Waals surface area contributed by atoms with Gasteiger partial charge in [-0.25, -0.2) is 8.42 Å². The van der Waals surface area contributed by atoms with Crippen molar-refractivity contribution >= 4 is 21.4 Å². The molecule has 140 valence electrons. The van der Waals surface area contributed by atoms with Gasteiger partial charge in [-0.3, -0.25) is 9.48 Å². The van der Waals surface area contributed by atoms with Crippen molar-refractivity contribution < 1.29 is 17.9 Å². The Bertz CT molecular complexity index is 827. The predicted octanol–water partition coefficient (Wildman–Crippen LogP) is 2.11. The molecule has 3 rings (SSSR count). The van der Waals surface area contributed by atoms with Crippen molar-refractivity contribution in [3.8, 4) is 0 Å². The number of anilines is 1. The summed E-state index contributed by atoms with van der Waals surface area (Å²) in [6.07, 6.45) is 5.29. The van der Waals surface area contributed by atoms with Crippen LogP contribution in [0.25, 0.3) is 0 Å². The van der Waals surface area contributed by atoms with Crippen molar-refractivity contribution in [1.82, 2.24) is 9.78 Å². The second-order valence-corrected chi connectivity index (χ2v) is 8.55. The first-order valence-electron chi connectivity index (χ1n) is 8.71. The molecule has 0 radical (unpaired) electrons. The van der Waals surface area contributed by atoms with Crippen LogP contribution in [0.2, 0.25) is 0 Å². The lowest BCUT2D eigenvalue weighted by Gasteiger charge is -2.21. The third kappa shape index (κ3) is 5.15. The van der Waals surface area contributed by atoms with Gasteiger partial charge in [0.05, 0.1) is 22.5 Å². The van der Waals surface area contributed by atoms with Gasteiger partial charge in [-0.1, -0.05) is 18.2 Å². The van der Waals surface area contributed by atoms with Crippen LogP contribution in [0.4, 0.5) is 5.69 Å². The molecule has 2 heterocycles. The number of aromatic nitrogens is 2. The first kappa shape index (κ1) is 18.6. The zero-order chi connectivity index (χ0) is 18.4. The highest BCUT2D eigenvalue weighted by Gasteiger charge is 2.17. The van der Waals surface area contributed by atoms with E-state index in [9.17, 15) is 13.2 Å². The fraction of sp³-hybridized carbons (Fsp3) is 0.444. The largest absolute Gasteiger partial charge is 0.381 e. The number of rotatable bonds is 7. The number of carbonyl (C=O) groups excluding carboxylic acids is 1. The van der Waals surface area contributed by atoms with E-state index in [1.165, 1.54) is 12.1 Å². The van der Waals surface area contributed by atoms with Crippen molar-refractivity contribution in [2.75, 3.05) is 24.3 Å². The van der Waals surface area contributed by atoms with Crippen molar-refractivity contribution in [3.63, 3.8) is 0 Å². The first-order chi connectivity index (χ1) is 12.5. The van der Waals surface area contributed by atoms with Crippen LogP contribution in [0.3, 0.4) is 0 Å². The van der Waals surface area contributed by atoms with E-state index in [0.29, 0.717) is 11.6 Å². The van der Waals surface area contributed by atoms with Gasteiger partial charge in [-0.15, -0.1) is 0 Å². The van der Waals surface area contributed by atoms with Gasteiger partial charge in [-0.2, -0.15) is 5.10 Å². The molecule has 2 aromatic rings. The SMILES string of the molecule is O=C(CCS(=O)(=O)c1ccccc1)Nc1cnn(CC2CCOCC2)c1. The predicted molar refractivity (Wildman–Crippen MR) is 97.5 cm³/mol. The molecular formula is C18H23N3O4S. The summed E-state index contributed by atoms with van der Waals surface area (Å²) in [7, 11) is -3.46. The molecule has 1 fully saturated rings. The molecule has 1 aliphatic rings. The number of amides is 1. The third-order valence-corrected chi connectivity index (χ3v) is 6.14. The Morgan fingerprint density at radius 1 is 1.23 bits per heavy atom. The molecule has 0 atom stereocenters. The van der Waals surface area contributed by atoms with Gasteiger partial charge in [-0.05, 0) is 30.9 Å². The fourth-order valence-corrected chi connectivity index (χ4v) is 4.18. The van der Waals surface area contributed by atoms with Crippen molar-refractivity contribution in [1.29, 1.82) is 0 Å². The van der Waals surface area contributed by atoms with Crippen molar-refractivity contribution in [3.05, 3.63) is 42.7 Å². The number of benzene rings is 1. The van der Waals surface area contributed by atoms with Crippen LogP contribution in [-0.2, 0) is 25.9 Å². The zero-order valence-electron chi connectivity index (χ0n) is 14.5. The quantitative estimate of drug-likeness (QED) is 0.798. The summed E-state index contributed by atoms with van der Waals surface area (Å²) in [5, 5.41) is 6.97. The molecule has 0 aliphatic carbocycles. The zero-order valence-corrected chi connectivity index (χ0v) is 15.3. The minimum absolute atomic E-state index is 0.0949. The number of carbonyl (C=O) groups is 1. The highest BCUT2D eigenvalue weighted by atomic mass is 32.2. The van der Waals surface area contributed by atoms with Crippen molar-refractivity contribution in [2.24, 2.45) is 5.92 Å². The molecular weight excluding hydrogens is 354 g/mol. The standard InChI is InChI=1S/C18H23N3O4S/c22-18(8-11-26(23,24)17-4-2-1-3-5-17)20-16-12-19-21(14-16)13-15-6-9-25-10-7-15/h1-5,12,14-15H,6-11,13H2,(H,20,22). The second-order valence-electron chi connectivity index (χ2n) is 6.44. The molecule has 1 aliphatic heterocycles. The van der Waals surface area contributed by atoms with E-state index in [-0.39, 0.29) is 23.0 Å². The topological polar surface area (TPSA) is 90.3 Å². The third-order valence-electron chi connectivity index (χ3n) is 4.40. The summed E-state index contributed by atoms with van der Waals surface area (Å²) < 4.78 is 31.6. The fourth-order valence-electron chi connectivity index (χ4n) is 2.92. The van der Waals surface area contributed by atoms with Gasteiger partial charge in [0.2, 0.25) is 5.91 Å². The molecule has 1 amide bonds. The molecule has 1 N–H and O–H groups in total. The Morgan fingerprint density at radius 3 is 2.69 bits per heavy atom. The maximum absolute atomic E-state index is 12.2. The Hall–Kier alpha value is -2.19. The summed E-state index contributed by atoms with van der Waals surface area (Å²) in [5.41, 5.74) is 0.583. The summed E-state index contributed by atoms with van der Waals surface area (Å²) in [5.74, 6) is -0.0302. The molecule has 1 aromatic heterocycles. The van der Waals surface area contributed by atoms with Crippen LogP contribution in [0.15, 0.2) is 47.6 Å². The highest BCUT2D eigenvalue weighted by molar-refractivity contribution is 7.91. The molecule has 7 nitrogen and oxygen atoms in total. The van der Waals surface area contributed by atoms with Crippen LogP contribution in [0.1, 0.15) is 19.3 Å². The molecule has 0 spiro atoms. The first-order valence-corrected chi connectivity index (χ1v) is 10.4. The average Bonchev–Trinajstić information content (AvgIpc) is 3.08. The maximum Gasteiger partial charge on any atom is 0.225 e. The number of nitrogens with one attached hydrogen (secondary N) is 1. The summed E-state index contributed by atoms with van der Waals surface area (Å²) >= 11 is 0. The van der Waals surface area contributed by atoms with Crippen molar-refractivity contribution in [2.45, 2.75) is 30.7 Å².